The van der Waals surface area contributed by atoms with Crippen LogP contribution >= 0.6 is 0 Å². The molecule has 1 fully saturated rings. The van der Waals surface area contributed by atoms with Crippen molar-refractivity contribution in [2.24, 2.45) is 0 Å². The van der Waals surface area contributed by atoms with Crippen LogP contribution in [0.3, 0.4) is 0 Å². The van der Waals surface area contributed by atoms with Crippen molar-refractivity contribution in [1.82, 2.24) is 9.97 Å². The van der Waals surface area contributed by atoms with Gasteiger partial charge in [0.05, 0.1) is 28.5 Å². The van der Waals surface area contributed by atoms with Crippen molar-refractivity contribution in [3.05, 3.63) is 41.8 Å². The number of aromatic nitrogens is 2. The number of carbonyl (C=O) groups is 1. The van der Waals surface area contributed by atoms with E-state index in [0.717, 1.165) is 16.7 Å². The van der Waals surface area contributed by atoms with Crippen molar-refractivity contribution in [2.45, 2.75) is 62.4 Å². The minimum absolute atomic E-state index is 0.0775. The Labute approximate surface area is 186 Å². The Balaban J connectivity index is 1.86. The van der Waals surface area contributed by atoms with E-state index in [-0.39, 0.29) is 29.3 Å². The molecule has 0 saturated carbocycles. The molecule has 3 rings (SSSR count). The Morgan fingerprint density at radius 1 is 1.28 bits per heavy atom. The first-order chi connectivity index (χ1) is 15.1. The summed E-state index contributed by atoms with van der Waals surface area (Å²) in [5.74, 6) is -1.03. The van der Waals surface area contributed by atoms with Crippen LogP contribution in [0.15, 0.2) is 35.4 Å². The number of carbonyl (C=O) groups excluding carboxylic acids is 1. The van der Waals surface area contributed by atoms with E-state index in [0.29, 0.717) is 6.42 Å². The van der Waals surface area contributed by atoms with E-state index < -0.39 is 39.1 Å². The number of hydrogen-bond acceptors (Lipinski definition) is 8. The smallest absolute Gasteiger partial charge is 0.416 e. The largest absolute Gasteiger partial charge is 0.447 e. The number of nitrogens with one attached hydrogen (secondary N) is 1. The molecule has 1 saturated heterocycles. The molecule has 0 spiro atoms. The standard InChI is InChI=1S/C21H27FN4O5S/c1-5-17(14-6-8-15(9-7-14)32(29,30)12(2)3)24-20-23-10-16(22)19(25-20)26-18(13(4)27)11-31-21(26)28/h6-10,12-13,17-18,27H,5,11H2,1-4H3,(H,23,24,25)/t13-,17+,18-/m1/s1. The normalized spacial score (nSPS) is 18.5. The van der Waals surface area contributed by atoms with Gasteiger partial charge in [0.15, 0.2) is 21.5 Å². The zero-order valence-electron chi connectivity index (χ0n) is 18.3. The molecular weight excluding hydrogens is 439 g/mol. The highest BCUT2D eigenvalue weighted by Crippen LogP contribution is 2.28. The van der Waals surface area contributed by atoms with Crippen LogP contribution in [0.5, 0.6) is 0 Å². The van der Waals surface area contributed by atoms with Crippen molar-refractivity contribution < 1.29 is 27.4 Å². The van der Waals surface area contributed by atoms with Crippen molar-refractivity contribution >= 4 is 27.7 Å². The number of cyclic esters (lactones) is 1. The molecule has 2 aromatic rings. The number of hydrogen-bond donors (Lipinski definition) is 2. The fourth-order valence-electron chi connectivity index (χ4n) is 3.37. The van der Waals surface area contributed by atoms with E-state index in [1.807, 2.05) is 6.92 Å². The lowest BCUT2D eigenvalue weighted by Crippen LogP contribution is -2.42. The van der Waals surface area contributed by atoms with Crippen LogP contribution in [0, 0.1) is 5.82 Å². The molecular formula is C21H27FN4O5S. The molecule has 11 heteroatoms. The highest BCUT2D eigenvalue weighted by atomic mass is 32.2. The molecule has 32 heavy (non-hydrogen) atoms. The van der Waals surface area contributed by atoms with E-state index in [4.69, 9.17) is 4.74 Å². The fraction of sp³-hybridized carbons (Fsp3) is 0.476. The number of halogens is 1. The van der Waals surface area contributed by atoms with Gasteiger partial charge in [0, 0.05) is 0 Å². The highest BCUT2D eigenvalue weighted by Gasteiger charge is 2.39. The summed E-state index contributed by atoms with van der Waals surface area (Å²) in [5, 5.41) is 12.5. The summed E-state index contributed by atoms with van der Waals surface area (Å²) in [6, 6.07) is 5.47. The molecule has 0 radical (unpaired) electrons. The van der Waals surface area contributed by atoms with Crippen LogP contribution < -0.4 is 10.2 Å². The molecule has 3 atom stereocenters. The minimum atomic E-state index is -3.38. The number of aliphatic hydroxyl groups is 1. The van der Waals surface area contributed by atoms with E-state index in [1.54, 1.807) is 38.1 Å². The van der Waals surface area contributed by atoms with Gasteiger partial charge in [-0.2, -0.15) is 4.98 Å². The summed E-state index contributed by atoms with van der Waals surface area (Å²) in [6.45, 7) is 6.57. The molecule has 0 bridgehead atoms. The lowest BCUT2D eigenvalue weighted by Gasteiger charge is -2.24. The third kappa shape index (κ3) is 4.68. The van der Waals surface area contributed by atoms with Crippen molar-refractivity contribution in [3.8, 4) is 0 Å². The lowest BCUT2D eigenvalue weighted by molar-refractivity contribution is 0.142. The predicted molar refractivity (Wildman–Crippen MR) is 117 cm³/mol. The van der Waals surface area contributed by atoms with E-state index >= 15 is 0 Å². The van der Waals surface area contributed by atoms with Gasteiger partial charge in [-0.25, -0.2) is 27.5 Å². The molecule has 174 valence electrons. The van der Waals surface area contributed by atoms with Gasteiger partial charge in [-0.1, -0.05) is 19.1 Å². The van der Waals surface area contributed by atoms with Gasteiger partial charge in [0.25, 0.3) is 0 Å². The fourth-order valence-corrected chi connectivity index (χ4v) is 4.43. The average molecular weight is 467 g/mol. The lowest BCUT2D eigenvalue weighted by atomic mass is 10.1. The van der Waals surface area contributed by atoms with Crippen LogP contribution in [-0.2, 0) is 14.6 Å². The third-order valence-electron chi connectivity index (χ3n) is 5.36. The number of ether oxygens (including phenoxy) is 1. The third-order valence-corrected chi connectivity index (χ3v) is 7.53. The van der Waals surface area contributed by atoms with Crippen molar-refractivity contribution in [1.29, 1.82) is 0 Å². The minimum Gasteiger partial charge on any atom is -0.447 e. The molecule has 1 aromatic heterocycles. The second-order valence-electron chi connectivity index (χ2n) is 7.89. The van der Waals surface area contributed by atoms with Crippen molar-refractivity contribution in [3.63, 3.8) is 0 Å². The molecule has 1 amide bonds. The Bertz CT molecular complexity index is 1080. The Morgan fingerprint density at radius 2 is 1.94 bits per heavy atom. The quantitative estimate of drug-likeness (QED) is 0.609. The predicted octanol–water partition coefficient (Wildman–Crippen LogP) is 3.07. The first-order valence-electron chi connectivity index (χ1n) is 10.3. The Kier molecular flexibility index (Phi) is 6.99. The molecule has 9 nitrogen and oxygen atoms in total. The van der Waals surface area contributed by atoms with Crippen LogP contribution in [0.2, 0.25) is 0 Å². The number of benzene rings is 1. The summed E-state index contributed by atoms with van der Waals surface area (Å²) in [5.41, 5.74) is 0.798. The highest BCUT2D eigenvalue weighted by molar-refractivity contribution is 7.92. The second kappa shape index (κ2) is 9.37. The molecule has 1 aliphatic rings. The maximum Gasteiger partial charge on any atom is 0.416 e. The molecule has 1 aliphatic heterocycles. The van der Waals surface area contributed by atoms with Gasteiger partial charge >= 0.3 is 6.09 Å². The van der Waals surface area contributed by atoms with Gasteiger partial charge in [-0.3, -0.25) is 0 Å². The van der Waals surface area contributed by atoms with Crippen LogP contribution in [0.1, 0.15) is 45.7 Å². The summed E-state index contributed by atoms with van der Waals surface area (Å²) >= 11 is 0. The van der Waals surface area contributed by atoms with E-state index in [1.165, 1.54) is 6.92 Å². The van der Waals surface area contributed by atoms with Gasteiger partial charge in [-0.05, 0) is 44.9 Å². The van der Waals surface area contributed by atoms with Gasteiger partial charge in [-0.15, -0.1) is 0 Å². The SMILES string of the molecule is CC[C@H](Nc1ncc(F)c(N2C(=O)OC[C@@H]2[C@@H](C)O)n1)c1ccc(S(=O)(=O)C(C)C)cc1. The van der Waals surface area contributed by atoms with Crippen molar-refractivity contribution in [2.75, 3.05) is 16.8 Å². The molecule has 0 aliphatic carbocycles. The number of aliphatic hydroxyl groups excluding tert-OH is 1. The number of sulfone groups is 1. The van der Waals surface area contributed by atoms with E-state index in [9.17, 15) is 22.7 Å². The second-order valence-corrected chi connectivity index (χ2v) is 10.4. The zero-order chi connectivity index (χ0) is 23.6. The number of rotatable bonds is 8. The Hall–Kier alpha value is -2.79. The van der Waals surface area contributed by atoms with Crippen LogP contribution in [-0.4, -0.2) is 53.6 Å². The van der Waals surface area contributed by atoms with Gasteiger partial charge in [0.2, 0.25) is 5.95 Å². The maximum absolute atomic E-state index is 14.5. The molecule has 1 aromatic carbocycles. The van der Waals surface area contributed by atoms with Gasteiger partial charge < -0.3 is 15.2 Å². The maximum atomic E-state index is 14.5. The average Bonchev–Trinajstić information content (AvgIpc) is 3.14. The summed E-state index contributed by atoms with van der Waals surface area (Å²) < 4.78 is 44.1. The molecule has 2 N–H and O–H groups in total. The number of anilines is 2. The zero-order valence-corrected chi connectivity index (χ0v) is 19.1. The first-order valence-corrected chi connectivity index (χ1v) is 11.9. The topological polar surface area (TPSA) is 122 Å². The Morgan fingerprint density at radius 3 is 2.50 bits per heavy atom. The molecule has 2 heterocycles. The summed E-state index contributed by atoms with van der Waals surface area (Å²) in [7, 11) is -3.38. The van der Waals surface area contributed by atoms with Crippen LogP contribution in [0.4, 0.5) is 21.0 Å². The number of amides is 1. The van der Waals surface area contributed by atoms with E-state index in [2.05, 4.69) is 15.3 Å². The monoisotopic (exact) mass is 466 g/mol. The summed E-state index contributed by atoms with van der Waals surface area (Å²) in [4.78, 5) is 21.4. The van der Waals surface area contributed by atoms with Gasteiger partial charge in [0.1, 0.15) is 12.6 Å². The first kappa shape index (κ1) is 23.9. The van der Waals surface area contributed by atoms with Crippen LogP contribution in [0.25, 0.3) is 0 Å². The number of nitrogens with zero attached hydrogens (tertiary/aromatic N) is 3. The summed E-state index contributed by atoms with van der Waals surface area (Å²) in [6.07, 6.45) is -0.195. The molecule has 0 unspecified atom stereocenters.